The Morgan fingerprint density at radius 1 is 0.833 bits per heavy atom. The molecule has 0 aromatic heterocycles. The number of benzene rings is 2. The first-order chi connectivity index (χ1) is 8.92. The second kappa shape index (κ2) is 4.85. The van der Waals surface area contributed by atoms with Crippen LogP contribution in [0.5, 0.6) is 0 Å². The fraction of sp³-hybridized carbons (Fsp3) is 0.294. The van der Waals surface area contributed by atoms with Crippen LogP contribution in [0.2, 0.25) is 0 Å². The third kappa shape index (κ3) is 1.80. The fourth-order valence-corrected chi connectivity index (χ4v) is 2.69. The van der Waals surface area contributed by atoms with E-state index in [1.54, 1.807) is 0 Å². The maximum Gasteiger partial charge on any atom is 0.0426 e. The lowest BCUT2D eigenvalue weighted by atomic mass is 9.79. The molecule has 0 heterocycles. The van der Waals surface area contributed by atoms with Crippen molar-refractivity contribution in [2.24, 2.45) is 0 Å². The highest BCUT2D eigenvalue weighted by Gasteiger charge is 2.23. The normalized spacial score (nSPS) is 11.4. The lowest BCUT2D eigenvalue weighted by Gasteiger charge is -2.27. The molecule has 1 N–H and O–H groups in total. The van der Waals surface area contributed by atoms with Crippen molar-refractivity contribution in [3.8, 4) is 22.3 Å². The zero-order chi connectivity index (χ0) is 12.4. The van der Waals surface area contributed by atoms with Crippen LogP contribution in [0.1, 0.15) is 26.2 Å². The molecule has 0 amide bonds. The van der Waals surface area contributed by atoms with Gasteiger partial charge < -0.3 is 5.32 Å². The number of fused-ring (bicyclic) bond motifs is 4. The predicted molar refractivity (Wildman–Crippen MR) is 78.9 cm³/mol. The van der Waals surface area contributed by atoms with E-state index in [2.05, 4.69) is 54.7 Å². The van der Waals surface area contributed by atoms with Gasteiger partial charge in [0.25, 0.3) is 0 Å². The van der Waals surface area contributed by atoms with Crippen molar-refractivity contribution in [2.45, 2.75) is 26.2 Å². The summed E-state index contributed by atoms with van der Waals surface area (Å²) < 4.78 is 0. The van der Waals surface area contributed by atoms with Crippen LogP contribution < -0.4 is 5.32 Å². The van der Waals surface area contributed by atoms with E-state index in [1.165, 1.54) is 47.2 Å². The summed E-state index contributed by atoms with van der Waals surface area (Å²) in [5.74, 6) is 0. The van der Waals surface area contributed by atoms with Gasteiger partial charge in [-0.15, -0.1) is 0 Å². The molecule has 0 aliphatic heterocycles. The van der Waals surface area contributed by atoms with E-state index in [-0.39, 0.29) is 0 Å². The molecule has 0 bridgehead atoms. The van der Waals surface area contributed by atoms with Gasteiger partial charge in [0.2, 0.25) is 0 Å². The molecule has 0 atom stereocenters. The fourth-order valence-electron chi connectivity index (χ4n) is 2.69. The molecular formula is C17H19N. The van der Waals surface area contributed by atoms with Crippen molar-refractivity contribution < 1.29 is 0 Å². The van der Waals surface area contributed by atoms with Crippen LogP contribution in [0.25, 0.3) is 22.3 Å². The summed E-state index contributed by atoms with van der Waals surface area (Å²) in [4.78, 5) is 0. The third-order valence-electron chi connectivity index (χ3n) is 3.65. The Hall–Kier alpha value is -1.76. The van der Waals surface area contributed by atoms with Gasteiger partial charge in [0.1, 0.15) is 0 Å². The predicted octanol–water partition coefficient (Wildman–Crippen LogP) is 4.94. The van der Waals surface area contributed by atoms with Crippen molar-refractivity contribution in [2.75, 3.05) is 11.9 Å². The second-order valence-corrected chi connectivity index (χ2v) is 4.91. The van der Waals surface area contributed by atoms with Gasteiger partial charge in [-0.25, -0.2) is 0 Å². The molecule has 1 aliphatic carbocycles. The summed E-state index contributed by atoms with van der Waals surface area (Å²) in [6.07, 6.45) is 3.83. The Morgan fingerprint density at radius 2 is 1.61 bits per heavy atom. The molecule has 0 radical (unpaired) electrons. The number of anilines is 1. The van der Waals surface area contributed by atoms with E-state index in [0.29, 0.717) is 0 Å². The summed E-state index contributed by atoms with van der Waals surface area (Å²) in [7, 11) is 0. The number of rotatable bonds is 5. The SMILES string of the molecule is CCCCCNc1cccc2c1-c1ccccc1-2. The number of nitrogens with one attached hydrogen (secondary N) is 1. The summed E-state index contributed by atoms with van der Waals surface area (Å²) in [6, 6.07) is 15.2. The highest BCUT2D eigenvalue weighted by atomic mass is 14.9. The topological polar surface area (TPSA) is 12.0 Å². The molecule has 18 heavy (non-hydrogen) atoms. The molecule has 0 saturated carbocycles. The van der Waals surface area contributed by atoms with Crippen molar-refractivity contribution in [1.82, 2.24) is 0 Å². The molecule has 0 saturated heterocycles. The molecule has 0 fully saturated rings. The van der Waals surface area contributed by atoms with E-state index in [9.17, 15) is 0 Å². The van der Waals surface area contributed by atoms with E-state index >= 15 is 0 Å². The highest BCUT2D eigenvalue weighted by Crippen LogP contribution is 2.50. The monoisotopic (exact) mass is 237 g/mol. The molecule has 3 rings (SSSR count). The summed E-state index contributed by atoms with van der Waals surface area (Å²) in [5, 5.41) is 3.58. The van der Waals surface area contributed by atoms with Crippen LogP contribution in [0.3, 0.4) is 0 Å². The van der Waals surface area contributed by atoms with Crippen molar-refractivity contribution >= 4 is 5.69 Å². The Bertz CT molecular complexity index is 557. The minimum absolute atomic E-state index is 1.08. The van der Waals surface area contributed by atoms with Gasteiger partial charge >= 0.3 is 0 Å². The van der Waals surface area contributed by atoms with Crippen LogP contribution >= 0.6 is 0 Å². The van der Waals surface area contributed by atoms with Gasteiger partial charge in [-0.2, -0.15) is 0 Å². The molecule has 2 aromatic rings. The molecule has 1 nitrogen and oxygen atoms in total. The second-order valence-electron chi connectivity index (χ2n) is 4.91. The standard InChI is InChI=1S/C17H19N/c1-2-3-6-12-18-16-11-7-10-15-13-8-4-5-9-14(13)17(15)16/h4-5,7-11,18H,2-3,6,12H2,1H3. The maximum atomic E-state index is 3.58. The molecule has 2 aromatic carbocycles. The average molecular weight is 237 g/mol. The van der Waals surface area contributed by atoms with E-state index in [0.717, 1.165) is 6.54 Å². The highest BCUT2D eigenvalue weighted by molar-refractivity contribution is 6.07. The molecular weight excluding hydrogens is 218 g/mol. The minimum Gasteiger partial charge on any atom is -0.385 e. The van der Waals surface area contributed by atoms with E-state index in [1.807, 2.05) is 0 Å². The lowest BCUT2D eigenvalue weighted by Crippen LogP contribution is -2.07. The third-order valence-corrected chi connectivity index (χ3v) is 3.65. The summed E-state index contributed by atoms with van der Waals surface area (Å²) in [6.45, 7) is 3.32. The molecule has 92 valence electrons. The van der Waals surface area contributed by atoms with E-state index < -0.39 is 0 Å². The zero-order valence-corrected chi connectivity index (χ0v) is 10.9. The first-order valence-corrected chi connectivity index (χ1v) is 6.88. The Kier molecular flexibility index (Phi) is 3.06. The Balaban J connectivity index is 1.80. The summed E-state index contributed by atoms with van der Waals surface area (Å²) >= 11 is 0. The van der Waals surface area contributed by atoms with Gasteiger partial charge in [-0.3, -0.25) is 0 Å². The van der Waals surface area contributed by atoms with Crippen molar-refractivity contribution in [1.29, 1.82) is 0 Å². The number of hydrogen-bond acceptors (Lipinski definition) is 1. The molecule has 1 aliphatic rings. The van der Waals surface area contributed by atoms with Crippen LogP contribution in [-0.4, -0.2) is 6.54 Å². The largest absolute Gasteiger partial charge is 0.385 e. The van der Waals surface area contributed by atoms with E-state index in [4.69, 9.17) is 0 Å². The minimum atomic E-state index is 1.08. The zero-order valence-electron chi connectivity index (χ0n) is 10.9. The van der Waals surface area contributed by atoms with Gasteiger partial charge in [0.15, 0.2) is 0 Å². The van der Waals surface area contributed by atoms with Gasteiger partial charge in [0, 0.05) is 17.8 Å². The van der Waals surface area contributed by atoms with Crippen LogP contribution in [0.4, 0.5) is 5.69 Å². The number of hydrogen-bond donors (Lipinski definition) is 1. The van der Waals surface area contributed by atoms with Crippen LogP contribution in [-0.2, 0) is 0 Å². The van der Waals surface area contributed by atoms with Crippen LogP contribution in [0, 0.1) is 0 Å². The first-order valence-electron chi connectivity index (χ1n) is 6.88. The molecule has 1 heteroatoms. The quantitative estimate of drug-likeness (QED) is 0.620. The lowest BCUT2D eigenvalue weighted by molar-refractivity contribution is 0.744. The Morgan fingerprint density at radius 3 is 2.44 bits per heavy atom. The molecule has 0 unspecified atom stereocenters. The van der Waals surface area contributed by atoms with Gasteiger partial charge in [-0.1, -0.05) is 56.2 Å². The Labute approximate surface area is 109 Å². The van der Waals surface area contributed by atoms with Crippen molar-refractivity contribution in [3.63, 3.8) is 0 Å². The first kappa shape index (κ1) is 11.3. The molecule has 0 spiro atoms. The van der Waals surface area contributed by atoms with Crippen molar-refractivity contribution in [3.05, 3.63) is 42.5 Å². The number of unbranched alkanes of at least 4 members (excludes halogenated alkanes) is 2. The van der Waals surface area contributed by atoms with Gasteiger partial charge in [0.05, 0.1) is 0 Å². The maximum absolute atomic E-state index is 3.58. The smallest absolute Gasteiger partial charge is 0.0426 e. The van der Waals surface area contributed by atoms with Gasteiger partial charge in [-0.05, 0) is 29.2 Å². The van der Waals surface area contributed by atoms with Crippen LogP contribution in [0.15, 0.2) is 42.5 Å². The average Bonchev–Trinajstić information content (AvgIpc) is 2.40. The summed E-state index contributed by atoms with van der Waals surface area (Å²) in [5.41, 5.74) is 6.88.